The fourth-order valence-electron chi connectivity index (χ4n) is 2.67. The minimum absolute atomic E-state index is 0.0809. The van der Waals surface area contributed by atoms with Crippen LogP contribution >= 0.6 is 0 Å². The second kappa shape index (κ2) is 8.43. The molecule has 7 nitrogen and oxygen atoms in total. The van der Waals surface area contributed by atoms with Crippen molar-refractivity contribution in [1.29, 1.82) is 5.26 Å². The van der Waals surface area contributed by atoms with Crippen LogP contribution in [0.15, 0.2) is 41.5 Å². The van der Waals surface area contributed by atoms with Gasteiger partial charge in [0.2, 0.25) is 0 Å². The van der Waals surface area contributed by atoms with Gasteiger partial charge >= 0.3 is 0 Å². The summed E-state index contributed by atoms with van der Waals surface area (Å²) in [7, 11) is 0. The molecule has 1 aromatic heterocycles. The van der Waals surface area contributed by atoms with Crippen LogP contribution in [-0.4, -0.2) is 36.2 Å². The van der Waals surface area contributed by atoms with Crippen LogP contribution in [-0.2, 0) is 4.74 Å². The molecule has 0 bridgehead atoms. The molecule has 1 saturated carbocycles. The number of amidine groups is 1. The van der Waals surface area contributed by atoms with Crippen LogP contribution in [0.5, 0.6) is 0 Å². The maximum Gasteiger partial charge on any atom is 0.282 e. The first kappa shape index (κ1) is 19.2. The third kappa shape index (κ3) is 4.59. The van der Waals surface area contributed by atoms with E-state index in [4.69, 9.17) is 15.7 Å². The van der Waals surface area contributed by atoms with E-state index in [1.165, 1.54) is 36.5 Å². The number of nitriles is 1. The van der Waals surface area contributed by atoms with Gasteiger partial charge in [-0.05, 0) is 42.3 Å². The average Bonchev–Trinajstić information content (AvgIpc) is 3.46. The lowest BCUT2D eigenvalue weighted by atomic mass is 10.1. The standard InChI is InChI=1S/C19H17F2N5O2/c20-5-6-24-19(23)28-17-8-14(17)13-7-12(2-3-15(13)21)26-18(27)16-4-1-11(9-22)10-25-16/h1-4,7,10,14,17H,5-6,8H2,(H2,23,24)(H,26,27)/t14-,17-/m1/s1. The Morgan fingerprint density at radius 1 is 1.43 bits per heavy atom. The van der Waals surface area contributed by atoms with E-state index < -0.39 is 18.4 Å². The summed E-state index contributed by atoms with van der Waals surface area (Å²) >= 11 is 0. The molecule has 1 heterocycles. The number of halogens is 2. The van der Waals surface area contributed by atoms with Crippen molar-refractivity contribution in [2.75, 3.05) is 18.5 Å². The van der Waals surface area contributed by atoms with Crippen molar-refractivity contribution in [1.82, 2.24) is 4.98 Å². The van der Waals surface area contributed by atoms with E-state index in [1.807, 2.05) is 6.07 Å². The van der Waals surface area contributed by atoms with Crippen molar-refractivity contribution in [2.24, 2.45) is 10.7 Å². The number of hydrogen-bond acceptors (Lipinski definition) is 5. The van der Waals surface area contributed by atoms with E-state index in [2.05, 4.69) is 15.3 Å². The van der Waals surface area contributed by atoms with Gasteiger partial charge in [0.05, 0.1) is 12.1 Å². The molecule has 1 aromatic carbocycles. The van der Waals surface area contributed by atoms with Gasteiger partial charge in [-0.1, -0.05) is 0 Å². The van der Waals surface area contributed by atoms with Crippen LogP contribution in [0.2, 0.25) is 0 Å². The van der Waals surface area contributed by atoms with Crippen LogP contribution in [0.3, 0.4) is 0 Å². The summed E-state index contributed by atoms with van der Waals surface area (Å²) in [6, 6.07) is 8.94. The number of hydrogen-bond donors (Lipinski definition) is 2. The van der Waals surface area contributed by atoms with Crippen LogP contribution in [0.4, 0.5) is 14.5 Å². The SMILES string of the molecule is N#Cc1ccc(C(=O)Nc2ccc(F)c([C@H]3C[C@H]3OC(N)=NCCF)c2)nc1. The number of nitrogens with two attached hydrogens (primary N) is 1. The Labute approximate surface area is 159 Å². The molecule has 28 heavy (non-hydrogen) atoms. The number of ether oxygens (including phenoxy) is 1. The molecular formula is C19H17F2N5O2. The number of nitrogens with zero attached hydrogens (tertiary/aromatic N) is 3. The topological polar surface area (TPSA) is 113 Å². The monoisotopic (exact) mass is 385 g/mol. The summed E-state index contributed by atoms with van der Waals surface area (Å²) in [6.07, 6.45) is 1.49. The minimum atomic E-state index is -0.636. The lowest BCUT2D eigenvalue weighted by Gasteiger charge is -2.09. The zero-order chi connectivity index (χ0) is 20.1. The van der Waals surface area contributed by atoms with Crippen molar-refractivity contribution in [3.05, 3.63) is 59.2 Å². The molecule has 0 spiro atoms. The number of aromatic nitrogens is 1. The molecule has 144 valence electrons. The van der Waals surface area contributed by atoms with Crippen LogP contribution in [0, 0.1) is 17.1 Å². The summed E-state index contributed by atoms with van der Waals surface area (Å²) in [6.45, 7) is -0.717. The third-order valence-corrected chi connectivity index (χ3v) is 4.13. The molecule has 1 amide bonds. The van der Waals surface area contributed by atoms with Crippen LogP contribution in [0.1, 0.15) is 34.0 Å². The summed E-state index contributed by atoms with van der Waals surface area (Å²) in [5.74, 6) is -1.14. The fourth-order valence-corrected chi connectivity index (χ4v) is 2.67. The third-order valence-electron chi connectivity index (χ3n) is 4.13. The molecule has 3 rings (SSSR count). The van der Waals surface area contributed by atoms with Gasteiger partial charge in [0.15, 0.2) is 0 Å². The smallest absolute Gasteiger partial charge is 0.282 e. The number of carbonyl (C=O) groups is 1. The molecule has 2 atom stereocenters. The van der Waals surface area contributed by atoms with E-state index in [-0.39, 0.29) is 30.3 Å². The quantitative estimate of drug-likeness (QED) is 0.586. The second-order valence-electron chi connectivity index (χ2n) is 6.14. The molecule has 1 aliphatic carbocycles. The van der Waals surface area contributed by atoms with E-state index in [0.717, 1.165) is 0 Å². The van der Waals surface area contributed by atoms with E-state index in [0.29, 0.717) is 23.2 Å². The van der Waals surface area contributed by atoms with Gasteiger partial charge in [-0.3, -0.25) is 4.79 Å². The predicted octanol–water partition coefficient (Wildman–Crippen LogP) is 2.50. The van der Waals surface area contributed by atoms with Gasteiger partial charge in [-0.15, -0.1) is 0 Å². The molecule has 0 unspecified atom stereocenters. The van der Waals surface area contributed by atoms with E-state index in [1.54, 1.807) is 0 Å². The number of carbonyl (C=O) groups excluding carboxylic acids is 1. The van der Waals surface area contributed by atoms with Crippen molar-refractivity contribution >= 4 is 17.6 Å². The highest BCUT2D eigenvalue weighted by Gasteiger charge is 2.43. The first-order chi connectivity index (χ1) is 13.5. The van der Waals surface area contributed by atoms with Gasteiger partial charge in [-0.25, -0.2) is 18.8 Å². The number of rotatable bonds is 6. The first-order valence-corrected chi connectivity index (χ1v) is 8.51. The highest BCUT2D eigenvalue weighted by molar-refractivity contribution is 6.02. The average molecular weight is 385 g/mol. The molecular weight excluding hydrogens is 368 g/mol. The number of aliphatic imine (C=N–C) groups is 1. The number of nitrogens with one attached hydrogen (secondary N) is 1. The number of anilines is 1. The van der Waals surface area contributed by atoms with Gasteiger partial charge in [0, 0.05) is 17.8 Å². The Balaban J connectivity index is 1.67. The largest absolute Gasteiger partial charge is 0.461 e. The minimum Gasteiger partial charge on any atom is -0.461 e. The van der Waals surface area contributed by atoms with Gasteiger partial charge < -0.3 is 15.8 Å². The van der Waals surface area contributed by atoms with Gasteiger partial charge in [0.25, 0.3) is 11.9 Å². The molecule has 2 aromatic rings. The highest BCUT2D eigenvalue weighted by atomic mass is 19.1. The first-order valence-electron chi connectivity index (χ1n) is 8.51. The van der Waals surface area contributed by atoms with Gasteiger partial charge in [-0.2, -0.15) is 5.26 Å². The summed E-state index contributed by atoms with van der Waals surface area (Å²) in [5.41, 5.74) is 6.80. The predicted molar refractivity (Wildman–Crippen MR) is 98.0 cm³/mol. The maximum absolute atomic E-state index is 14.2. The van der Waals surface area contributed by atoms with Crippen LogP contribution < -0.4 is 11.1 Å². The Hall–Kier alpha value is -3.54. The Morgan fingerprint density at radius 3 is 2.93 bits per heavy atom. The summed E-state index contributed by atoms with van der Waals surface area (Å²) in [5, 5.41) is 11.4. The zero-order valence-corrected chi connectivity index (χ0v) is 14.7. The van der Waals surface area contributed by atoms with Crippen molar-refractivity contribution in [3.63, 3.8) is 0 Å². The summed E-state index contributed by atoms with van der Waals surface area (Å²) < 4.78 is 31.7. The number of amides is 1. The molecule has 1 fully saturated rings. The molecule has 0 aliphatic heterocycles. The Bertz CT molecular complexity index is 940. The fraction of sp³-hybridized carbons (Fsp3) is 0.263. The summed E-state index contributed by atoms with van der Waals surface area (Å²) in [4.78, 5) is 19.9. The normalized spacial score (nSPS) is 18.2. The molecule has 1 aliphatic rings. The Morgan fingerprint density at radius 2 is 2.25 bits per heavy atom. The van der Waals surface area contributed by atoms with E-state index in [9.17, 15) is 13.6 Å². The van der Waals surface area contributed by atoms with Crippen molar-refractivity contribution in [2.45, 2.75) is 18.4 Å². The number of alkyl halides is 1. The molecule has 9 heteroatoms. The number of benzene rings is 1. The molecule has 0 saturated heterocycles. The van der Waals surface area contributed by atoms with Crippen molar-refractivity contribution in [3.8, 4) is 6.07 Å². The second-order valence-corrected chi connectivity index (χ2v) is 6.14. The van der Waals surface area contributed by atoms with Crippen LogP contribution in [0.25, 0.3) is 0 Å². The molecule has 0 radical (unpaired) electrons. The molecule has 3 N–H and O–H groups in total. The highest BCUT2D eigenvalue weighted by Crippen LogP contribution is 2.45. The number of pyridine rings is 1. The van der Waals surface area contributed by atoms with Crippen molar-refractivity contribution < 1.29 is 18.3 Å². The lowest BCUT2D eigenvalue weighted by molar-refractivity contribution is 0.102. The lowest BCUT2D eigenvalue weighted by Crippen LogP contribution is -2.19. The zero-order valence-electron chi connectivity index (χ0n) is 14.7. The van der Waals surface area contributed by atoms with Gasteiger partial charge in [0.1, 0.15) is 30.4 Å². The van der Waals surface area contributed by atoms with E-state index >= 15 is 0 Å². The Kier molecular flexibility index (Phi) is 5.79. The maximum atomic E-state index is 14.2.